The van der Waals surface area contributed by atoms with Crippen LogP contribution in [0.25, 0.3) is 0 Å². The summed E-state index contributed by atoms with van der Waals surface area (Å²) in [7, 11) is 5.02. The summed E-state index contributed by atoms with van der Waals surface area (Å²) in [5, 5.41) is 0.448. The van der Waals surface area contributed by atoms with E-state index in [-0.39, 0.29) is 23.6 Å². The Morgan fingerprint density at radius 3 is 2.41 bits per heavy atom. The van der Waals surface area contributed by atoms with Crippen molar-refractivity contribution in [3.8, 4) is 5.75 Å². The Bertz CT molecular complexity index is 790. The normalized spacial score (nSPS) is 19.9. The van der Waals surface area contributed by atoms with Gasteiger partial charge in [-0.05, 0) is 43.9 Å². The molecule has 0 aromatic heterocycles. The lowest BCUT2D eigenvalue weighted by Gasteiger charge is -2.35. The first-order valence-corrected chi connectivity index (χ1v) is 10.4. The van der Waals surface area contributed by atoms with Crippen LogP contribution in [-0.4, -0.2) is 79.3 Å². The number of methoxy groups -OCH3 is 1. The second-order valence-electron chi connectivity index (χ2n) is 7.83. The molecule has 1 aromatic rings. The molecule has 2 fully saturated rings. The molecule has 8 heteroatoms. The number of hydrogen-bond donors (Lipinski definition) is 0. The molecule has 2 heterocycles. The Hall–Kier alpha value is -2.28. The van der Waals surface area contributed by atoms with Gasteiger partial charge in [0.1, 0.15) is 11.8 Å². The predicted molar refractivity (Wildman–Crippen MR) is 110 cm³/mol. The molecule has 7 nitrogen and oxygen atoms in total. The average molecular weight is 422 g/mol. The van der Waals surface area contributed by atoms with Crippen molar-refractivity contribution in [2.24, 2.45) is 5.92 Å². The van der Waals surface area contributed by atoms with Gasteiger partial charge >= 0.3 is 0 Å². The molecule has 2 saturated heterocycles. The van der Waals surface area contributed by atoms with Crippen LogP contribution in [0.4, 0.5) is 0 Å². The fourth-order valence-electron chi connectivity index (χ4n) is 4.19. The van der Waals surface area contributed by atoms with Crippen LogP contribution < -0.4 is 4.74 Å². The van der Waals surface area contributed by atoms with Crippen molar-refractivity contribution in [2.75, 3.05) is 40.8 Å². The second-order valence-corrected chi connectivity index (χ2v) is 8.27. The van der Waals surface area contributed by atoms with Gasteiger partial charge in [0.05, 0.1) is 12.7 Å². The number of amides is 3. The van der Waals surface area contributed by atoms with Gasteiger partial charge in [0.25, 0.3) is 5.91 Å². The minimum Gasteiger partial charge on any atom is -0.496 e. The highest BCUT2D eigenvalue weighted by atomic mass is 35.5. The zero-order valence-corrected chi connectivity index (χ0v) is 17.9. The number of piperidine rings is 1. The van der Waals surface area contributed by atoms with E-state index in [1.54, 1.807) is 47.0 Å². The highest BCUT2D eigenvalue weighted by molar-refractivity contribution is 6.31. The number of halogens is 1. The number of ether oxygens (including phenoxy) is 1. The van der Waals surface area contributed by atoms with Gasteiger partial charge in [-0.25, -0.2) is 0 Å². The van der Waals surface area contributed by atoms with Gasteiger partial charge in [0, 0.05) is 44.7 Å². The molecule has 0 N–H and O–H groups in total. The Kier molecular flexibility index (Phi) is 6.67. The molecular weight excluding hydrogens is 394 g/mol. The first-order valence-electron chi connectivity index (χ1n) is 9.98. The smallest absolute Gasteiger partial charge is 0.258 e. The van der Waals surface area contributed by atoms with Crippen molar-refractivity contribution in [1.29, 1.82) is 0 Å². The molecule has 2 aliphatic rings. The summed E-state index contributed by atoms with van der Waals surface area (Å²) in [5.41, 5.74) is 0.370. The van der Waals surface area contributed by atoms with Crippen LogP contribution in [0.2, 0.25) is 5.02 Å². The second kappa shape index (κ2) is 9.03. The first kappa shape index (κ1) is 21.4. The van der Waals surface area contributed by atoms with Crippen molar-refractivity contribution in [3.63, 3.8) is 0 Å². The number of carbonyl (C=O) groups excluding carboxylic acids is 3. The largest absolute Gasteiger partial charge is 0.496 e. The van der Waals surface area contributed by atoms with Gasteiger partial charge in [-0.2, -0.15) is 0 Å². The number of hydrogen-bond acceptors (Lipinski definition) is 4. The summed E-state index contributed by atoms with van der Waals surface area (Å²) < 4.78 is 5.31. The lowest BCUT2D eigenvalue weighted by atomic mass is 9.95. The van der Waals surface area contributed by atoms with Crippen molar-refractivity contribution >= 4 is 29.3 Å². The third-order valence-electron chi connectivity index (χ3n) is 5.79. The molecule has 0 spiro atoms. The number of likely N-dealkylation sites (tertiary alicyclic amines) is 2. The Morgan fingerprint density at radius 2 is 1.79 bits per heavy atom. The molecule has 1 atom stereocenters. The van der Waals surface area contributed by atoms with E-state index in [1.165, 1.54) is 7.11 Å². The van der Waals surface area contributed by atoms with Crippen molar-refractivity contribution in [2.45, 2.75) is 31.7 Å². The fourth-order valence-corrected chi connectivity index (χ4v) is 4.36. The van der Waals surface area contributed by atoms with Crippen LogP contribution in [0.3, 0.4) is 0 Å². The third kappa shape index (κ3) is 4.50. The van der Waals surface area contributed by atoms with E-state index in [0.29, 0.717) is 55.2 Å². The molecule has 0 bridgehead atoms. The summed E-state index contributed by atoms with van der Waals surface area (Å²) in [6.45, 7) is 1.62. The summed E-state index contributed by atoms with van der Waals surface area (Å²) >= 11 is 6.07. The quantitative estimate of drug-likeness (QED) is 0.747. The highest BCUT2D eigenvalue weighted by Gasteiger charge is 2.39. The van der Waals surface area contributed by atoms with Crippen LogP contribution in [0.15, 0.2) is 18.2 Å². The maximum absolute atomic E-state index is 13.2. The van der Waals surface area contributed by atoms with E-state index in [2.05, 4.69) is 0 Å². The third-order valence-corrected chi connectivity index (χ3v) is 6.02. The van der Waals surface area contributed by atoms with E-state index in [9.17, 15) is 14.4 Å². The lowest BCUT2D eigenvalue weighted by Crippen LogP contribution is -2.51. The standard InChI is InChI=1S/C21H28ClN3O4/c1-23(2)19(26)14-8-11-24(12-9-14)21(28)17-5-4-10-25(17)20(27)16-13-15(22)6-7-18(16)29-3/h6-7,13-14,17H,4-5,8-12H2,1-3H3/t17-/m0/s1. The number of rotatable bonds is 4. The van der Waals surface area contributed by atoms with Crippen molar-refractivity contribution < 1.29 is 19.1 Å². The fraction of sp³-hybridized carbons (Fsp3) is 0.571. The van der Waals surface area contributed by atoms with Crippen molar-refractivity contribution in [1.82, 2.24) is 14.7 Å². The summed E-state index contributed by atoms with van der Waals surface area (Å²) in [4.78, 5) is 43.5. The molecule has 29 heavy (non-hydrogen) atoms. The Morgan fingerprint density at radius 1 is 1.10 bits per heavy atom. The van der Waals surface area contributed by atoms with Crippen LogP contribution in [0.1, 0.15) is 36.0 Å². The van der Waals surface area contributed by atoms with Gasteiger partial charge in [-0.15, -0.1) is 0 Å². The molecule has 0 saturated carbocycles. The van der Waals surface area contributed by atoms with Gasteiger partial charge in [0.2, 0.25) is 11.8 Å². The maximum Gasteiger partial charge on any atom is 0.258 e. The highest BCUT2D eigenvalue weighted by Crippen LogP contribution is 2.29. The van der Waals surface area contributed by atoms with E-state index in [4.69, 9.17) is 16.3 Å². The van der Waals surface area contributed by atoms with E-state index < -0.39 is 6.04 Å². The minimum atomic E-state index is -0.479. The topological polar surface area (TPSA) is 70.2 Å². The SMILES string of the molecule is COc1ccc(Cl)cc1C(=O)N1CCC[C@H]1C(=O)N1CCC(C(=O)N(C)C)CC1. The minimum absolute atomic E-state index is 0.0346. The Labute approximate surface area is 176 Å². The molecule has 0 radical (unpaired) electrons. The van der Waals surface area contributed by atoms with E-state index >= 15 is 0 Å². The van der Waals surface area contributed by atoms with Gasteiger partial charge < -0.3 is 19.4 Å². The number of benzene rings is 1. The van der Waals surface area contributed by atoms with Crippen LogP contribution >= 0.6 is 11.6 Å². The number of carbonyl (C=O) groups is 3. The van der Waals surface area contributed by atoms with Gasteiger partial charge in [-0.1, -0.05) is 11.6 Å². The average Bonchev–Trinajstić information content (AvgIpc) is 3.22. The predicted octanol–water partition coefficient (Wildman–Crippen LogP) is 2.28. The van der Waals surface area contributed by atoms with E-state index in [0.717, 1.165) is 6.42 Å². The molecule has 0 unspecified atom stereocenters. The van der Waals surface area contributed by atoms with Crippen LogP contribution in [-0.2, 0) is 9.59 Å². The van der Waals surface area contributed by atoms with Crippen LogP contribution in [0, 0.1) is 5.92 Å². The summed E-state index contributed by atoms with van der Waals surface area (Å²) in [6.07, 6.45) is 2.74. The maximum atomic E-state index is 13.2. The monoisotopic (exact) mass is 421 g/mol. The molecule has 1 aromatic carbocycles. The molecular formula is C21H28ClN3O4. The molecule has 3 rings (SSSR count). The zero-order chi connectivity index (χ0) is 21.1. The summed E-state index contributed by atoms with van der Waals surface area (Å²) in [5.74, 6) is 0.250. The molecule has 2 aliphatic heterocycles. The molecule has 3 amide bonds. The lowest BCUT2D eigenvalue weighted by molar-refractivity contribution is -0.141. The molecule has 158 valence electrons. The van der Waals surface area contributed by atoms with Crippen LogP contribution in [0.5, 0.6) is 5.75 Å². The number of nitrogens with zero attached hydrogens (tertiary/aromatic N) is 3. The van der Waals surface area contributed by atoms with Crippen molar-refractivity contribution in [3.05, 3.63) is 28.8 Å². The first-order chi connectivity index (χ1) is 13.8. The van der Waals surface area contributed by atoms with Gasteiger partial charge in [-0.3, -0.25) is 14.4 Å². The summed E-state index contributed by atoms with van der Waals surface area (Å²) in [6, 6.07) is 4.44. The van der Waals surface area contributed by atoms with Gasteiger partial charge in [0.15, 0.2) is 0 Å². The van der Waals surface area contributed by atoms with E-state index in [1.807, 2.05) is 0 Å². The Balaban J connectivity index is 1.70. The zero-order valence-electron chi connectivity index (χ0n) is 17.2. The molecule has 0 aliphatic carbocycles.